The van der Waals surface area contributed by atoms with Crippen molar-refractivity contribution in [1.82, 2.24) is 0 Å². The van der Waals surface area contributed by atoms with Crippen LogP contribution in [0.4, 0.5) is 0 Å². The normalized spacial score (nSPS) is 50.8. The van der Waals surface area contributed by atoms with Crippen molar-refractivity contribution in [2.75, 3.05) is 0 Å². The fourth-order valence-electron chi connectivity index (χ4n) is 11.6. The molecular formula is C32H52O3. The van der Waals surface area contributed by atoms with Crippen LogP contribution in [0.1, 0.15) is 120 Å². The van der Waals surface area contributed by atoms with Crippen molar-refractivity contribution in [2.45, 2.75) is 132 Å². The standard InChI is InChI=1S/C32H52O3/c1-19(2)21-10-13-26-29(21,6)16-17-31(8)23-11-12-25-28(4,5)27(34)24(35-20(3)33)18-30(25,7)22(23)14-15-32(26,31)9/h19,21,24-27,34H,10-18H2,1-9H3/t21-,24-,25+,26-,27+,29-,30-,31-,32+/m1/s1. The summed E-state index contributed by atoms with van der Waals surface area (Å²) in [7, 11) is 0. The summed E-state index contributed by atoms with van der Waals surface area (Å²) in [4.78, 5) is 12.0. The number of hydrogen-bond acceptors (Lipinski definition) is 3. The molecule has 35 heavy (non-hydrogen) atoms. The Kier molecular flexibility index (Phi) is 5.78. The van der Waals surface area contributed by atoms with Crippen molar-refractivity contribution in [3.05, 3.63) is 11.1 Å². The van der Waals surface area contributed by atoms with Crippen LogP contribution in [0.5, 0.6) is 0 Å². The predicted octanol–water partition coefficient (Wildman–Crippen LogP) is 7.71. The number of hydrogen-bond donors (Lipinski definition) is 1. The minimum atomic E-state index is -0.599. The monoisotopic (exact) mass is 484 g/mol. The number of aliphatic hydroxyl groups is 1. The second kappa shape index (κ2) is 7.84. The highest BCUT2D eigenvalue weighted by Crippen LogP contribution is 2.76. The minimum Gasteiger partial charge on any atom is -0.460 e. The summed E-state index contributed by atoms with van der Waals surface area (Å²) in [6, 6.07) is 0. The molecule has 0 heterocycles. The first-order valence-electron chi connectivity index (χ1n) is 14.7. The summed E-state index contributed by atoms with van der Waals surface area (Å²) in [5.74, 6) is 2.61. The zero-order valence-electron chi connectivity index (χ0n) is 24.1. The Morgan fingerprint density at radius 2 is 1.60 bits per heavy atom. The minimum absolute atomic E-state index is 0.00232. The third-order valence-corrected chi connectivity index (χ3v) is 13.4. The maximum Gasteiger partial charge on any atom is 0.302 e. The number of rotatable bonds is 2. The molecule has 5 rings (SSSR count). The van der Waals surface area contributed by atoms with Crippen LogP contribution in [0.2, 0.25) is 0 Å². The van der Waals surface area contributed by atoms with Crippen LogP contribution < -0.4 is 0 Å². The average Bonchev–Trinajstić information content (AvgIpc) is 3.11. The fourth-order valence-corrected chi connectivity index (χ4v) is 11.6. The van der Waals surface area contributed by atoms with Gasteiger partial charge < -0.3 is 9.84 Å². The molecular weight excluding hydrogens is 432 g/mol. The van der Waals surface area contributed by atoms with Gasteiger partial charge in [0.2, 0.25) is 0 Å². The Morgan fingerprint density at radius 3 is 2.23 bits per heavy atom. The van der Waals surface area contributed by atoms with Crippen LogP contribution in [0.15, 0.2) is 11.1 Å². The zero-order chi connectivity index (χ0) is 25.8. The molecule has 3 heteroatoms. The molecule has 5 aliphatic carbocycles. The van der Waals surface area contributed by atoms with E-state index in [0.29, 0.717) is 16.7 Å². The van der Waals surface area contributed by atoms with E-state index < -0.39 is 12.2 Å². The molecule has 0 amide bonds. The van der Waals surface area contributed by atoms with Gasteiger partial charge in [-0.15, -0.1) is 0 Å². The molecule has 0 radical (unpaired) electrons. The van der Waals surface area contributed by atoms with Gasteiger partial charge in [0.1, 0.15) is 6.10 Å². The van der Waals surface area contributed by atoms with E-state index >= 15 is 0 Å². The highest BCUT2D eigenvalue weighted by atomic mass is 16.6. The smallest absolute Gasteiger partial charge is 0.302 e. The number of carbonyl (C=O) groups excluding carboxylic acids is 1. The van der Waals surface area contributed by atoms with Gasteiger partial charge in [0, 0.05) is 6.92 Å². The third kappa shape index (κ3) is 3.21. The highest BCUT2D eigenvalue weighted by molar-refractivity contribution is 5.66. The maximum atomic E-state index is 12.0. The first-order chi connectivity index (χ1) is 16.1. The third-order valence-electron chi connectivity index (χ3n) is 13.4. The molecule has 0 aromatic heterocycles. The maximum absolute atomic E-state index is 12.0. The molecule has 3 saturated carbocycles. The molecule has 0 saturated heterocycles. The molecule has 9 atom stereocenters. The Balaban J connectivity index is 1.57. The number of esters is 1. The van der Waals surface area contributed by atoms with Crippen LogP contribution in [-0.4, -0.2) is 23.3 Å². The molecule has 198 valence electrons. The molecule has 0 unspecified atom stereocenters. The molecule has 5 aliphatic rings. The van der Waals surface area contributed by atoms with Gasteiger partial charge in [0.15, 0.2) is 0 Å². The van der Waals surface area contributed by atoms with Crippen molar-refractivity contribution in [3.8, 4) is 0 Å². The van der Waals surface area contributed by atoms with Crippen molar-refractivity contribution in [1.29, 1.82) is 0 Å². The van der Waals surface area contributed by atoms with Crippen molar-refractivity contribution in [2.24, 2.45) is 50.7 Å². The lowest BCUT2D eigenvalue weighted by molar-refractivity contribution is -0.189. The molecule has 0 aromatic rings. The fraction of sp³-hybridized carbons (Fsp3) is 0.906. The number of carbonyl (C=O) groups is 1. The van der Waals surface area contributed by atoms with Crippen LogP contribution in [0.3, 0.4) is 0 Å². The van der Waals surface area contributed by atoms with Crippen molar-refractivity contribution in [3.63, 3.8) is 0 Å². The Morgan fingerprint density at radius 1 is 0.914 bits per heavy atom. The second-order valence-corrected chi connectivity index (χ2v) is 15.3. The summed E-state index contributed by atoms with van der Waals surface area (Å²) in [5, 5.41) is 11.3. The van der Waals surface area contributed by atoms with Crippen molar-refractivity contribution < 1.29 is 14.6 Å². The van der Waals surface area contributed by atoms with Gasteiger partial charge in [-0.3, -0.25) is 4.79 Å². The van der Waals surface area contributed by atoms with E-state index in [1.165, 1.54) is 51.9 Å². The number of fused-ring (bicyclic) bond motifs is 6. The SMILES string of the molecule is CC(=O)O[C@@H]1C[C@]2(C)C3=C(CC[C@H]2C(C)(C)[C@H]1O)[C@@]1(C)CC[C@]2(C)[C@@H](C(C)C)CC[C@H]2[C@]1(C)CC3. The largest absolute Gasteiger partial charge is 0.460 e. The van der Waals surface area contributed by atoms with E-state index in [2.05, 4.69) is 55.4 Å². The van der Waals surface area contributed by atoms with Gasteiger partial charge >= 0.3 is 5.97 Å². The van der Waals surface area contributed by atoms with E-state index in [9.17, 15) is 9.90 Å². The molecule has 3 nitrogen and oxygen atoms in total. The van der Waals surface area contributed by atoms with Gasteiger partial charge in [-0.05, 0) is 109 Å². The zero-order valence-corrected chi connectivity index (χ0v) is 24.1. The van der Waals surface area contributed by atoms with Gasteiger partial charge in [-0.1, -0.05) is 66.5 Å². The lowest BCUT2D eigenvalue weighted by atomic mass is 9.37. The Hall–Kier alpha value is -0.830. The second-order valence-electron chi connectivity index (χ2n) is 15.3. The first-order valence-corrected chi connectivity index (χ1v) is 14.7. The number of allylic oxidation sites excluding steroid dienone is 2. The van der Waals surface area contributed by atoms with Crippen molar-refractivity contribution >= 4 is 5.97 Å². The summed E-state index contributed by atoms with van der Waals surface area (Å²) < 4.78 is 5.78. The van der Waals surface area contributed by atoms with Gasteiger partial charge in [-0.25, -0.2) is 0 Å². The lowest BCUT2D eigenvalue weighted by Gasteiger charge is -2.67. The van der Waals surface area contributed by atoms with E-state index in [-0.39, 0.29) is 22.2 Å². The van der Waals surface area contributed by atoms with Crippen LogP contribution in [-0.2, 0) is 9.53 Å². The Labute approximate surface area is 214 Å². The molecule has 0 aliphatic heterocycles. The average molecular weight is 485 g/mol. The molecule has 0 aromatic carbocycles. The first kappa shape index (κ1) is 25.8. The summed E-state index contributed by atoms with van der Waals surface area (Å²) in [6.45, 7) is 21.2. The summed E-state index contributed by atoms with van der Waals surface area (Å²) in [6.07, 6.45) is 10.1. The molecule has 1 N–H and O–H groups in total. The van der Waals surface area contributed by atoms with Crippen LogP contribution >= 0.6 is 0 Å². The summed E-state index contributed by atoms with van der Waals surface area (Å²) >= 11 is 0. The van der Waals surface area contributed by atoms with Crippen LogP contribution in [0.25, 0.3) is 0 Å². The predicted molar refractivity (Wildman–Crippen MR) is 142 cm³/mol. The van der Waals surface area contributed by atoms with E-state index in [4.69, 9.17) is 4.74 Å². The van der Waals surface area contributed by atoms with Gasteiger partial charge in [0.05, 0.1) is 6.10 Å². The quantitative estimate of drug-likeness (QED) is 0.322. The van der Waals surface area contributed by atoms with Crippen LogP contribution in [0, 0.1) is 50.7 Å². The van der Waals surface area contributed by atoms with Gasteiger partial charge in [-0.2, -0.15) is 0 Å². The summed E-state index contributed by atoms with van der Waals surface area (Å²) in [5.41, 5.74) is 4.30. The number of ether oxygens (including phenoxy) is 1. The number of aliphatic hydroxyl groups excluding tert-OH is 1. The topological polar surface area (TPSA) is 46.5 Å². The molecule has 0 spiro atoms. The van der Waals surface area contributed by atoms with Gasteiger partial charge in [0.25, 0.3) is 0 Å². The van der Waals surface area contributed by atoms with E-state index in [1.807, 2.05) is 0 Å². The van der Waals surface area contributed by atoms with E-state index in [1.54, 1.807) is 11.1 Å². The molecule has 3 fully saturated rings. The van der Waals surface area contributed by atoms with E-state index in [0.717, 1.165) is 30.6 Å². The molecule has 0 bridgehead atoms. The lowest BCUT2D eigenvalue weighted by Crippen LogP contribution is -2.62. The highest BCUT2D eigenvalue weighted by Gasteiger charge is 2.67. The Bertz CT molecular complexity index is 931.